The molecular formula is C14H23ClFN3. The number of halogens is 2. The first kappa shape index (κ1) is 16.1. The van der Waals surface area contributed by atoms with Crippen LogP contribution in [-0.2, 0) is 0 Å². The molecule has 0 radical (unpaired) electrons. The molecule has 0 aliphatic heterocycles. The summed E-state index contributed by atoms with van der Waals surface area (Å²) < 4.78 is 13.6. The van der Waals surface area contributed by atoms with Gasteiger partial charge in [0.1, 0.15) is 5.82 Å². The summed E-state index contributed by atoms with van der Waals surface area (Å²) >= 11 is 5.74. The molecule has 0 saturated heterocycles. The number of rotatable bonds is 6. The van der Waals surface area contributed by atoms with Gasteiger partial charge in [-0.15, -0.1) is 0 Å². The molecule has 0 atom stereocenters. The van der Waals surface area contributed by atoms with Crippen molar-refractivity contribution in [2.45, 2.75) is 13.8 Å². The van der Waals surface area contributed by atoms with Gasteiger partial charge in [-0.2, -0.15) is 0 Å². The van der Waals surface area contributed by atoms with Gasteiger partial charge in [-0.1, -0.05) is 25.4 Å². The van der Waals surface area contributed by atoms with E-state index < -0.39 is 5.82 Å². The average Bonchev–Trinajstić information content (AvgIpc) is 2.29. The van der Waals surface area contributed by atoms with Crippen LogP contribution in [0, 0.1) is 11.7 Å². The molecule has 5 heteroatoms. The van der Waals surface area contributed by atoms with Crippen LogP contribution in [0.5, 0.6) is 0 Å². The molecule has 19 heavy (non-hydrogen) atoms. The molecule has 1 rings (SSSR count). The maximum atomic E-state index is 13.6. The molecule has 1 aromatic carbocycles. The minimum atomic E-state index is -0.426. The van der Waals surface area contributed by atoms with Gasteiger partial charge in [0.2, 0.25) is 0 Å². The topological polar surface area (TPSA) is 32.5 Å². The van der Waals surface area contributed by atoms with E-state index >= 15 is 0 Å². The Bertz CT molecular complexity index is 421. The fourth-order valence-electron chi connectivity index (χ4n) is 1.90. The molecule has 1 aromatic rings. The molecule has 0 unspecified atom stereocenters. The highest BCUT2D eigenvalue weighted by molar-refractivity contribution is 6.31. The van der Waals surface area contributed by atoms with E-state index in [-0.39, 0.29) is 5.02 Å². The zero-order valence-corrected chi connectivity index (χ0v) is 12.8. The first-order valence-electron chi connectivity index (χ1n) is 6.45. The maximum Gasteiger partial charge on any atom is 0.144 e. The summed E-state index contributed by atoms with van der Waals surface area (Å²) in [4.78, 5) is 4.20. The Morgan fingerprint density at radius 2 is 1.89 bits per heavy atom. The quantitative estimate of drug-likeness (QED) is 0.816. The Morgan fingerprint density at radius 1 is 1.26 bits per heavy atom. The third kappa shape index (κ3) is 4.88. The van der Waals surface area contributed by atoms with E-state index in [1.807, 2.05) is 14.1 Å². The van der Waals surface area contributed by atoms with Crippen LogP contribution in [0.4, 0.5) is 15.8 Å². The van der Waals surface area contributed by atoms with E-state index in [0.717, 1.165) is 25.3 Å². The Balaban J connectivity index is 2.99. The third-order valence-corrected chi connectivity index (χ3v) is 3.10. The summed E-state index contributed by atoms with van der Waals surface area (Å²) in [7, 11) is 4.03. The molecule has 0 aliphatic rings. The van der Waals surface area contributed by atoms with Crippen molar-refractivity contribution in [3.63, 3.8) is 0 Å². The molecule has 0 amide bonds. The van der Waals surface area contributed by atoms with Crippen LogP contribution in [0.15, 0.2) is 12.1 Å². The molecule has 108 valence electrons. The molecule has 0 spiro atoms. The minimum absolute atomic E-state index is 0.0679. The molecule has 3 nitrogen and oxygen atoms in total. The van der Waals surface area contributed by atoms with Gasteiger partial charge in [-0.3, -0.25) is 0 Å². The van der Waals surface area contributed by atoms with E-state index in [2.05, 4.69) is 23.6 Å². The highest BCUT2D eigenvalue weighted by Crippen LogP contribution is 2.29. The molecule has 0 saturated carbocycles. The molecule has 0 aliphatic carbocycles. The van der Waals surface area contributed by atoms with Gasteiger partial charge in [-0.25, -0.2) is 4.39 Å². The van der Waals surface area contributed by atoms with E-state index in [4.69, 9.17) is 17.3 Å². The first-order valence-corrected chi connectivity index (χ1v) is 6.83. The molecule has 0 bridgehead atoms. The first-order chi connectivity index (χ1) is 8.81. The van der Waals surface area contributed by atoms with Crippen molar-refractivity contribution in [1.29, 1.82) is 0 Å². The maximum absolute atomic E-state index is 13.6. The second-order valence-electron chi connectivity index (χ2n) is 5.47. The lowest BCUT2D eigenvalue weighted by atomic mass is 10.1. The minimum Gasteiger partial charge on any atom is -0.397 e. The highest BCUT2D eigenvalue weighted by Gasteiger charge is 2.14. The smallest absolute Gasteiger partial charge is 0.144 e. The second kappa shape index (κ2) is 6.96. The summed E-state index contributed by atoms with van der Waals surface area (Å²) in [5.74, 6) is 0.0461. The van der Waals surface area contributed by atoms with Gasteiger partial charge in [-0.05, 0) is 26.1 Å². The van der Waals surface area contributed by atoms with Gasteiger partial charge in [0.05, 0.1) is 16.4 Å². The summed E-state index contributed by atoms with van der Waals surface area (Å²) in [6.45, 7) is 6.78. The molecular weight excluding hydrogens is 265 g/mol. The van der Waals surface area contributed by atoms with Crippen molar-refractivity contribution < 1.29 is 4.39 Å². The summed E-state index contributed by atoms with van der Waals surface area (Å²) in [5.41, 5.74) is 7.21. The lowest BCUT2D eigenvalue weighted by Gasteiger charge is -2.29. The normalized spacial score (nSPS) is 11.4. The number of nitrogens with zero attached hydrogens (tertiary/aromatic N) is 2. The largest absolute Gasteiger partial charge is 0.397 e. The van der Waals surface area contributed by atoms with Gasteiger partial charge >= 0.3 is 0 Å². The van der Waals surface area contributed by atoms with Crippen LogP contribution in [0.3, 0.4) is 0 Å². The highest BCUT2D eigenvalue weighted by atomic mass is 35.5. The lowest BCUT2D eigenvalue weighted by Crippen LogP contribution is -2.35. The third-order valence-electron chi connectivity index (χ3n) is 2.81. The average molecular weight is 288 g/mol. The van der Waals surface area contributed by atoms with Crippen molar-refractivity contribution in [2.75, 3.05) is 44.4 Å². The van der Waals surface area contributed by atoms with Gasteiger partial charge in [0.25, 0.3) is 0 Å². The number of nitrogens with two attached hydrogens (primary N) is 1. The van der Waals surface area contributed by atoms with Crippen LogP contribution in [0.1, 0.15) is 13.8 Å². The molecule has 2 N–H and O–H groups in total. The number of benzene rings is 1. The SMILES string of the molecule is CC(C)CN(CCN(C)C)c1cc(F)c(Cl)cc1N. The van der Waals surface area contributed by atoms with Crippen LogP contribution in [-0.4, -0.2) is 38.6 Å². The van der Waals surface area contributed by atoms with Gasteiger partial charge in [0.15, 0.2) is 0 Å². The monoisotopic (exact) mass is 287 g/mol. The fourth-order valence-corrected chi connectivity index (χ4v) is 2.07. The summed E-state index contributed by atoms with van der Waals surface area (Å²) in [5, 5.41) is 0.0679. The van der Waals surface area contributed by atoms with E-state index in [9.17, 15) is 4.39 Å². The summed E-state index contributed by atoms with van der Waals surface area (Å²) in [6.07, 6.45) is 0. The van der Waals surface area contributed by atoms with Crippen LogP contribution >= 0.6 is 11.6 Å². The zero-order chi connectivity index (χ0) is 14.6. The second-order valence-corrected chi connectivity index (χ2v) is 5.88. The van der Waals surface area contributed by atoms with Crippen molar-refractivity contribution in [1.82, 2.24) is 4.90 Å². The predicted molar refractivity (Wildman–Crippen MR) is 81.4 cm³/mol. The Hall–Kier alpha value is -1.00. The van der Waals surface area contributed by atoms with E-state index in [1.54, 1.807) is 0 Å². The number of nitrogen functional groups attached to an aromatic ring is 1. The zero-order valence-electron chi connectivity index (χ0n) is 12.1. The van der Waals surface area contributed by atoms with Crippen LogP contribution < -0.4 is 10.6 Å². The fraction of sp³-hybridized carbons (Fsp3) is 0.571. The van der Waals surface area contributed by atoms with Crippen molar-refractivity contribution in [3.05, 3.63) is 23.0 Å². The van der Waals surface area contributed by atoms with Crippen molar-refractivity contribution >= 4 is 23.0 Å². The van der Waals surface area contributed by atoms with Gasteiger partial charge < -0.3 is 15.5 Å². The Labute approximate surface area is 120 Å². The van der Waals surface area contributed by atoms with Gasteiger partial charge in [0, 0.05) is 25.7 Å². The molecule has 0 aromatic heterocycles. The van der Waals surface area contributed by atoms with E-state index in [0.29, 0.717) is 11.6 Å². The predicted octanol–water partition coefficient (Wildman–Crippen LogP) is 3.09. The van der Waals surface area contributed by atoms with E-state index in [1.165, 1.54) is 12.1 Å². The summed E-state index contributed by atoms with van der Waals surface area (Å²) in [6, 6.07) is 2.91. The van der Waals surface area contributed by atoms with Crippen molar-refractivity contribution in [2.24, 2.45) is 5.92 Å². The van der Waals surface area contributed by atoms with Crippen molar-refractivity contribution in [3.8, 4) is 0 Å². The molecule has 0 heterocycles. The van der Waals surface area contributed by atoms with Crippen LogP contribution in [0.25, 0.3) is 0 Å². The van der Waals surface area contributed by atoms with Crippen LogP contribution in [0.2, 0.25) is 5.02 Å². The Morgan fingerprint density at radius 3 is 2.42 bits per heavy atom. The number of hydrogen-bond acceptors (Lipinski definition) is 3. The Kier molecular flexibility index (Phi) is 5.88. The lowest BCUT2D eigenvalue weighted by molar-refractivity contribution is 0.409. The standard InChI is InChI=1S/C14H23ClFN3/c1-10(2)9-19(6-5-18(3)4)14-8-12(16)11(15)7-13(14)17/h7-8,10H,5-6,9,17H2,1-4H3. The number of anilines is 2. The number of likely N-dealkylation sites (N-methyl/N-ethyl adjacent to an activating group) is 1. The number of hydrogen-bond donors (Lipinski definition) is 1. The molecule has 0 fully saturated rings.